The lowest BCUT2D eigenvalue weighted by Gasteiger charge is -2.23. The van der Waals surface area contributed by atoms with E-state index in [0.29, 0.717) is 22.9 Å². The van der Waals surface area contributed by atoms with Gasteiger partial charge in [-0.25, -0.2) is 0 Å². The molecular weight excluding hydrogens is 312 g/mol. The minimum Gasteiger partial charge on any atom is -0.493 e. The number of ether oxygens (including phenoxy) is 4. The van der Waals surface area contributed by atoms with Crippen molar-refractivity contribution in [3.63, 3.8) is 0 Å². The van der Waals surface area contributed by atoms with Gasteiger partial charge in [-0.3, -0.25) is 4.79 Å². The van der Waals surface area contributed by atoms with Crippen molar-refractivity contribution >= 4 is 24.0 Å². The van der Waals surface area contributed by atoms with E-state index in [1.807, 2.05) is 0 Å². The van der Waals surface area contributed by atoms with Gasteiger partial charge in [0.1, 0.15) is 6.04 Å². The Labute approximate surface area is 136 Å². The van der Waals surface area contributed by atoms with Gasteiger partial charge in [0.2, 0.25) is 11.7 Å². The maximum atomic E-state index is 12.2. The zero-order valence-corrected chi connectivity index (χ0v) is 14.2. The van der Waals surface area contributed by atoms with Gasteiger partial charge >= 0.3 is 0 Å². The molecule has 1 rings (SSSR count). The molecule has 1 unspecified atom stereocenters. The first kappa shape index (κ1) is 20.3. The number of hydrogen-bond donors (Lipinski definition) is 1. The van der Waals surface area contributed by atoms with Gasteiger partial charge in [-0.05, 0) is 0 Å². The molecule has 0 aromatic heterocycles. The fourth-order valence-electron chi connectivity index (χ4n) is 1.89. The first-order valence-corrected chi connectivity index (χ1v) is 6.32. The summed E-state index contributed by atoms with van der Waals surface area (Å²) in [4.78, 5) is 13.6. The molecule has 0 bridgehead atoms. The van der Waals surface area contributed by atoms with Gasteiger partial charge < -0.3 is 29.6 Å². The summed E-state index contributed by atoms with van der Waals surface area (Å²) in [5.74, 6) is 1.12. The van der Waals surface area contributed by atoms with Gasteiger partial charge in [0, 0.05) is 26.3 Å². The lowest BCUT2D eigenvalue weighted by Crippen LogP contribution is -2.44. The van der Waals surface area contributed by atoms with Gasteiger partial charge in [-0.15, -0.1) is 12.4 Å². The molecule has 0 aliphatic heterocycles. The Morgan fingerprint density at radius 3 is 2.00 bits per heavy atom. The number of likely N-dealkylation sites (N-methyl/N-ethyl adjacent to an activating group) is 1. The fourth-order valence-corrected chi connectivity index (χ4v) is 1.89. The molecule has 0 saturated carbocycles. The summed E-state index contributed by atoms with van der Waals surface area (Å²) >= 11 is 0. The van der Waals surface area contributed by atoms with Crippen LogP contribution in [0, 0.1) is 0 Å². The highest BCUT2D eigenvalue weighted by Gasteiger charge is 2.22. The minimum absolute atomic E-state index is 0. The minimum atomic E-state index is -0.737. The maximum absolute atomic E-state index is 12.2. The van der Waals surface area contributed by atoms with Gasteiger partial charge in [0.15, 0.2) is 11.5 Å². The number of methoxy groups -OCH3 is 4. The van der Waals surface area contributed by atoms with Crippen LogP contribution in [0.3, 0.4) is 0 Å². The van der Waals surface area contributed by atoms with E-state index in [2.05, 4.69) is 0 Å². The normalized spacial score (nSPS) is 11.2. The molecule has 1 atom stereocenters. The zero-order valence-electron chi connectivity index (χ0n) is 13.4. The molecule has 1 amide bonds. The second kappa shape index (κ2) is 9.34. The number of carbonyl (C=O) groups is 1. The molecule has 0 spiro atoms. The number of halogens is 1. The Hall–Kier alpha value is -1.70. The van der Waals surface area contributed by atoms with Crippen LogP contribution >= 0.6 is 12.4 Å². The predicted molar refractivity (Wildman–Crippen MR) is 86.6 cm³/mol. The first-order chi connectivity index (χ1) is 9.99. The predicted octanol–water partition coefficient (Wildman–Crippen LogP) is 1.07. The second-order valence-corrected chi connectivity index (χ2v) is 4.34. The molecular formula is C14H23ClN2O5. The molecule has 22 heavy (non-hydrogen) atoms. The Bertz CT molecular complexity index is 473. The van der Waals surface area contributed by atoms with Crippen LogP contribution in [0.1, 0.15) is 0 Å². The monoisotopic (exact) mass is 334 g/mol. The standard InChI is InChI=1S/C14H22N2O5.ClH/c1-16(14(17)10(15)8-18-2)9-6-11(19-3)13(21-5)12(7-9)20-4;/h6-7,10H,8,15H2,1-5H3;1H. The third kappa shape index (κ3) is 4.40. The molecule has 0 radical (unpaired) electrons. The number of rotatable bonds is 7. The van der Waals surface area contributed by atoms with E-state index < -0.39 is 6.04 Å². The number of nitrogens with zero attached hydrogens (tertiary/aromatic N) is 1. The van der Waals surface area contributed by atoms with Gasteiger partial charge in [-0.1, -0.05) is 0 Å². The topological polar surface area (TPSA) is 83.3 Å². The van der Waals surface area contributed by atoms with Crippen molar-refractivity contribution in [1.29, 1.82) is 0 Å². The van der Waals surface area contributed by atoms with Crippen LogP contribution in [-0.4, -0.2) is 54.0 Å². The van der Waals surface area contributed by atoms with Crippen molar-refractivity contribution in [2.45, 2.75) is 6.04 Å². The summed E-state index contributed by atoms with van der Waals surface area (Å²) in [7, 11) is 7.66. The lowest BCUT2D eigenvalue weighted by molar-refractivity contribution is -0.120. The average Bonchev–Trinajstić information content (AvgIpc) is 2.51. The largest absolute Gasteiger partial charge is 0.493 e. The van der Waals surface area contributed by atoms with Crippen molar-refractivity contribution in [2.75, 3.05) is 47.0 Å². The number of anilines is 1. The van der Waals surface area contributed by atoms with Crippen LogP contribution in [0.15, 0.2) is 12.1 Å². The highest BCUT2D eigenvalue weighted by atomic mass is 35.5. The molecule has 0 heterocycles. The summed E-state index contributed by atoms with van der Waals surface area (Å²) in [6.07, 6.45) is 0. The molecule has 0 fully saturated rings. The zero-order chi connectivity index (χ0) is 16.0. The summed E-state index contributed by atoms with van der Waals surface area (Å²) in [5, 5.41) is 0. The second-order valence-electron chi connectivity index (χ2n) is 4.34. The van der Waals surface area contributed by atoms with Gasteiger partial charge in [-0.2, -0.15) is 0 Å². The molecule has 0 aliphatic carbocycles. The van der Waals surface area contributed by atoms with Crippen molar-refractivity contribution in [3.8, 4) is 17.2 Å². The van der Waals surface area contributed by atoms with E-state index in [1.54, 1.807) is 19.2 Å². The van der Waals surface area contributed by atoms with E-state index in [0.717, 1.165) is 0 Å². The smallest absolute Gasteiger partial charge is 0.246 e. The Kier molecular flexibility index (Phi) is 8.62. The van der Waals surface area contributed by atoms with E-state index in [-0.39, 0.29) is 24.9 Å². The van der Waals surface area contributed by atoms with Crippen molar-refractivity contribution in [1.82, 2.24) is 0 Å². The summed E-state index contributed by atoms with van der Waals surface area (Å²) in [5.41, 5.74) is 6.34. The summed E-state index contributed by atoms with van der Waals surface area (Å²) < 4.78 is 20.7. The maximum Gasteiger partial charge on any atom is 0.246 e. The third-order valence-corrected chi connectivity index (χ3v) is 3.03. The molecule has 7 nitrogen and oxygen atoms in total. The van der Waals surface area contributed by atoms with Gasteiger partial charge in [0.25, 0.3) is 0 Å². The van der Waals surface area contributed by atoms with Crippen LogP contribution in [0.5, 0.6) is 17.2 Å². The lowest BCUT2D eigenvalue weighted by atomic mass is 10.2. The number of amides is 1. The molecule has 8 heteroatoms. The third-order valence-electron chi connectivity index (χ3n) is 3.03. The summed E-state index contributed by atoms with van der Waals surface area (Å²) in [6.45, 7) is 0.146. The fraction of sp³-hybridized carbons (Fsp3) is 0.500. The number of carbonyl (C=O) groups excluding carboxylic acids is 1. The van der Waals surface area contributed by atoms with E-state index in [9.17, 15) is 4.79 Å². The quantitative estimate of drug-likeness (QED) is 0.803. The van der Waals surface area contributed by atoms with E-state index in [4.69, 9.17) is 24.7 Å². The average molecular weight is 335 g/mol. The highest BCUT2D eigenvalue weighted by molar-refractivity contribution is 5.97. The molecule has 0 saturated heterocycles. The van der Waals surface area contributed by atoms with Crippen molar-refractivity contribution in [2.24, 2.45) is 5.73 Å². The Morgan fingerprint density at radius 2 is 1.64 bits per heavy atom. The SMILES string of the molecule is COCC(N)C(=O)N(C)c1cc(OC)c(OC)c(OC)c1.Cl. The number of hydrogen-bond acceptors (Lipinski definition) is 6. The highest BCUT2D eigenvalue weighted by Crippen LogP contribution is 2.40. The van der Waals surface area contributed by atoms with Crippen LogP contribution < -0.4 is 24.8 Å². The number of nitrogens with two attached hydrogens (primary N) is 1. The van der Waals surface area contributed by atoms with Crippen LogP contribution in [0.2, 0.25) is 0 Å². The van der Waals surface area contributed by atoms with Gasteiger partial charge in [0.05, 0.1) is 33.6 Å². The Morgan fingerprint density at radius 1 is 1.14 bits per heavy atom. The van der Waals surface area contributed by atoms with Crippen LogP contribution in [0.25, 0.3) is 0 Å². The van der Waals surface area contributed by atoms with Crippen molar-refractivity contribution < 1.29 is 23.7 Å². The molecule has 1 aromatic carbocycles. The van der Waals surface area contributed by atoms with Crippen LogP contribution in [-0.2, 0) is 9.53 Å². The summed E-state index contributed by atoms with van der Waals surface area (Å²) in [6, 6.07) is 2.62. The first-order valence-electron chi connectivity index (χ1n) is 6.32. The molecule has 126 valence electrons. The molecule has 0 aliphatic rings. The van der Waals surface area contributed by atoms with Crippen LogP contribution in [0.4, 0.5) is 5.69 Å². The molecule has 2 N–H and O–H groups in total. The number of benzene rings is 1. The Balaban J connectivity index is 0.00000441. The van der Waals surface area contributed by atoms with Crippen molar-refractivity contribution in [3.05, 3.63) is 12.1 Å². The molecule has 1 aromatic rings. The van der Waals surface area contributed by atoms with E-state index >= 15 is 0 Å². The van der Waals surface area contributed by atoms with E-state index in [1.165, 1.54) is 33.3 Å².